The molecule has 4 nitrogen and oxygen atoms in total. The molecule has 0 saturated heterocycles. The summed E-state index contributed by atoms with van der Waals surface area (Å²) in [6.07, 6.45) is -3.33. The summed E-state index contributed by atoms with van der Waals surface area (Å²) in [4.78, 5) is 16.9. The Hall–Kier alpha value is -2.61. The Morgan fingerprint density at radius 3 is 2.71 bits per heavy atom. The van der Waals surface area contributed by atoms with Gasteiger partial charge in [-0.05, 0) is 23.6 Å². The number of halogens is 3. The molecule has 0 amide bonds. The summed E-state index contributed by atoms with van der Waals surface area (Å²) in [5.41, 5.74) is -1.25. The lowest BCUT2D eigenvalue weighted by Crippen LogP contribution is -2.15. The van der Waals surface area contributed by atoms with Gasteiger partial charge in [-0.3, -0.25) is 0 Å². The standard InChI is InChI=1S/C16H10F3NO3S/c17-16(18,19)12-5-2-1-4-11(12)15(21)23-9-10-8-22-14(20-10)13-6-3-7-24-13/h1-8H,9H2. The third-order valence-corrected chi connectivity index (χ3v) is 3.95. The van der Waals surface area contributed by atoms with Crippen LogP contribution in [0.2, 0.25) is 0 Å². The fourth-order valence-corrected chi connectivity index (χ4v) is 2.67. The average Bonchev–Trinajstić information content (AvgIpc) is 3.23. The molecule has 0 N–H and O–H groups in total. The first-order valence-electron chi connectivity index (χ1n) is 6.77. The maximum absolute atomic E-state index is 12.9. The topological polar surface area (TPSA) is 52.3 Å². The van der Waals surface area contributed by atoms with E-state index in [0.717, 1.165) is 17.0 Å². The van der Waals surface area contributed by atoms with E-state index in [1.807, 2.05) is 17.5 Å². The first kappa shape index (κ1) is 16.3. The summed E-state index contributed by atoms with van der Waals surface area (Å²) in [6.45, 7) is -0.278. The summed E-state index contributed by atoms with van der Waals surface area (Å²) < 4.78 is 48.9. The highest BCUT2D eigenvalue weighted by atomic mass is 32.1. The molecule has 2 aromatic heterocycles. The van der Waals surface area contributed by atoms with Crippen molar-refractivity contribution in [2.24, 2.45) is 0 Å². The van der Waals surface area contributed by atoms with Crippen molar-refractivity contribution in [2.75, 3.05) is 0 Å². The molecule has 0 aliphatic heterocycles. The van der Waals surface area contributed by atoms with E-state index in [1.54, 1.807) is 0 Å². The van der Waals surface area contributed by atoms with Gasteiger partial charge in [0.25, 0.3) is 0 Å². The van der Waals surface area contributed by atoms with Crippen LogP contribution in [0, 0.1) is 0 Å². The fourth-order valence-electron chi connectivity index (χ4n) is 2.01. The number of oxazole rings is 1. The Labute approximate surface area is 138 Å². The second-order valence-electron chi connectivity index (χ2n) is 4.74. The summed E-state index contributed by atoms with van der Waals surface area (Å²) in [5, 5.41) is 1.85. The van der Waals surface area contributed by atoms with E-state index in [4.69, 9.17) is 9.15 Å². The van der Waals surface area contributed by atoms with Gasteiger partial charge in [-0.1, -0.05) is 18.2 Å². The molecule has 0 spiro atoms. The smallest absolute Gasteiger partial charge is 0.417 e. The molecule has 0 saturated carbocycles. The van der Waals surface area contributed by atoms with Crippen molar-refractivity contribution in [3.8, 4) is 10.8 Å². The van der Waals surface area contributed by atoms with Crippen LogP contribution in [-0.2, 0) is 17.5 Å². The van der Waals surface area contributed by atoms with Crippen molar-refractivity contribution in [2.45, 2.75) is 12.8 Å². The number of hydrogen-bond donors (Lipinski definition) is 0. The van der Waals surface area contributed by atoms with Gasteiger partial charge in [-0.2, -0.15) is 13.2 Å². The lowest BCUT2D eigenvalue weighted by atomic mass is 10.1. The molecule has 2 heterocycles. The van der Waals surface area contributed by atoms with Gasteiger partial charge in [0.2, 0.25) is 5.89 Å². The van der Waals surface area contributed by atoms with E-state index in [2.05, 4.69) is 4.98 Å². The Bertz CT molecular complexity index is 840. The Morgan fingerprint density at radius 1 is 1.21 bits per heavy atom. The van der Waals surface area contributed by atoms with Crippen molar-refractivity contribution < 1.29 is 27.1 Å². The van der Waals surface area contributed by atoms with E-state index < -0.39 is 23.3 Å². The highest BCUT2D eigenvalue weighted by molar-refractivity contribution is 7.13. The molecule has 0 aliphatic rings. The summed E-state index contributed by atoms with van der Waals surface area (Å²) in [5.74, 6) is -0.699. The fraction of sp³-hybridized carbons (Fsp3) is 0.125. The number of ether oxygens (including phenoxy) is 1. The Kier molecular flexibility index (Phi) is 4.39. The Morgan fingerprint density at radius 2 is 2.00 bits per heavy atom. The molecule has 0 radical (unpaired) electrons. The molecular formula is C16H10F3NO3S. The quantitative estimate of drug-likeness (QED) is 0.634. The number of carbonyl (C=O) groups is 1. The van der Waals surface area contributed by atoms with Gasteiger partial charge in [0, 0.05) is 0 Å². The van der Waals surface area contributed by atoms with Gasteiger partial charge in [0.1, 0.15) is 18.6 Å². The van der Waals surface area contributed by atoms with E-state index in [9.17, 15) is 18.0 Å². The number of benzene rings is 1. The van der Waals surface area contributed by atoms with Gasteiger partial charge in [0.05, 0.1) is 16.0 Å². The van der Waals surface area contributed by atoms with Crippen LogP contribution in [0.3, 0.4) is 0 Å². The largest absolute Gasteiger partial charge is 0.455 e. The van der Waals surface area contributed by atoms with E-state index >= 15 is 0 Å². The maximum Gasteiger partial charge on any atom is 0.417 e. The van der Waals surface area contributed by atoms with Crippen LogP contribution in [0.1, 0.15) is 21.6 Å². The molecule has 24 heavy (non-hydrogen) atoms. The Balaban J connectivity index is 1.71. The van der Waals surface area contributed by atoms with Crippen molar-refractivity contribution in [1.82, 2.24) is 4.98 Å². The molecule has 3 rings (SSSR count). The normalized spacial score (nSPS) is 11.5. The second-order valence-corrected chi connectivity index (χ2v) is 5.69. The molecule has 8 heteroatoms. The van der Waals surface area contributed by atoms with E-state index in [-0.39, 0.29) is 6.61 Å². The minimum absolute atomic E-state index is 0.278. The molecule has 0 atom stereocenters. The molecule has 3 aromatic rings. The maximum atomic E-state index is 12.9. The first-order valence-corrected chi connectivity index (χ1v) is 7.65. The average molecular weight is 353 g/mol. The van der Waals surface area contributed by atoms with Gasteiger partial charge < -0.3 is 9.15 Å². The van der Waals surface area contributed by atoms with Crippen LogP contribution in [0.5, 0.6) is 0 Å². The van der Waals surface area contributed by atoms with Crippen LogP contribution < -0.4 is 0 Å². The minimum atomic E-state index is -4.63. The second kappa shape index (κ2) is 6.48. The van der Waals surface area contributed by atoms with Crippen molar-refractivity contribution >= 4 is 17.3 Å². The SMILES string of the molecule is O=C(OCc1coc(-c2cccs2)n1)c1ccccc1C(F)(F)F. The third-order valence-electron chi connectivity index (χ3n) is 3.09. The van der Waals surface area contributed by atoms with Crippen LogP contribution in [-0.4, -0.2) is 11.0 Å². The predicted molar refractivity (Wildman–Crippen MR) is 80.4 cm³/mol. The number of aromatic nitrogens is 1. The van der Waals surface area contributed by atoms with Crippen LogP contribution in [0.4, 0.5) is 13.2 Å². The lowest BCUT2D eigenvalue weighted by molar-refractivity contribution is -0.138. The summed E-state index contributed by atoms with van der Waals surface area (Å²) in [6, 6.07) is 8.11. The van der Waals surface area contributed by atoms with Crippen LogP contribution >= 0.6 is 11.3 Å². The number of alkyl halides is 3. The monoisotopic (exact) mass is 353 g/mol. The van der Waals surface area contributed by atoms with Crippen LogP contribution in [0.25, 0.3) is 10.8 Å². The molecular weight excluding hydrogens is 343 g/mol. The molecule has 1 aromatic carbocycles. The van der Waals surface area contributed by atoms with Gasteiger partial charge in [-0.15, -0.1) is 11.3 Å². The highest BCUT2D eigenvalue weighted by Gasteiger charge is 2.35. The van der Waals surface area contributed by atoms with Gasteiger partial charge in [0.15, 0.2) is 0 Å². The number of hydrogen-bond acceptors (Lipinski definition) is 5. The molecule has 0 fully saturated rings. The third kappa shape index (κ3) is 3.48. The first-order chi connectivity index (χ1) is 11.4. The summed E-state index contributed by atoms with van der Waals surface area (Å²) in [7, 11) is 0. The molecule has 0 aliphatic carbocycles. The number of nitrogens with zero attached hydrogens (tertiary/aromatic N) is 1. The summed E-state index contributed by atoms with van der Waals surface area (Å²) >= 11 is 1.43. The van der Waals surface area contributed by atoms with E-state index in [1.165, 1.54) is 29.7 Å². The molecule has 124 valence electrons. The number of esters is 1. The zero-order valence-electron chi connectivity index (χ0n) is 12.0. The highest BCUT2D eigenvalue weighted by Crippen LogP contribution is 2.32. The zero-order valence-corrected chi connectivity index (χ0v) is 12.9. The van der Waals surface area contributed by atoms with Gasteiger partial charge >= 0.3 is 12.1 Å². The van der Waals surface area contributed by atoms with Crippen molar-refractivity contribution in [1.29, 1.82) is 0 Å². The number of thiophene rings is 1. The number of carbonyl (C=O) groups excluding carboxylic acids is 1. The van der Waals surface area contributed by atoms with Crippen LogP contribution in [0.15, 0.2) is 52.5 Å². The zero-order chi connectivity index (χ0) is 17.2. The van der Waals surface area contributed by atoms with Crippen molar-refractivity contribution in [3.05, 3.63) is 64.9 Å². The number of rotatable bonds is 4. The predicted octanol–water partition coefficient (Wildman–Crippen LogP) is 4.78. The molecule has 0 unspecified atom stereocenters. The van der Waals surface area contributed by atoms with E-state index in [0.29, 0.717) is 11.6 Å². The van der Waals surface area contributed by atoms with Gasteiger partial charge in [-0.25, -0.2) is 9.78 Å². The van der Waals surface area contributed by atoms with Crippen molar-refractivity contribution in [3.63, 3.8) is 0 Å². The lowest BCUT2D eigenvalue weighted by Gasteiger charge is -2.11. The molecule has 0 bridgehead atoms. The minimum Gasteiger partial charge on any atom is -0.455 e.